The van der Waals surface area contributed by atoms with Crippen LogP contribution in [-0.2, 0) is 7.05 Å². The summed E-state index contributed by atoms with van der Waals surface area (Å²) in [5, 5.41) is 8.28. The molecule has 1 N–H and O–H groups in total. The summed E-state index contributed by atoms with van der Waals surface area (Å²) in [4.78, 5) is 17.9. The van der Waals surface area contributed by atoms with Gasteiger partial charge in [0, 0.05) is 18.3 Å². The van der Waals surface area contributed by atoms with Gasteiger partial charge >= 0.3 is 0 Å². The summed E-state index contributed by atoms with van der Waals surface area (Å²) < 4.78 is 1.72. The quantitative estimate of drug-likeness (QED) is 0.588. The number of benzene rings is 2. The van der Waals surface area contributed by atoms with Gasteiger partial charge in [-0.1, -0.05) is 48.5 Å². The van der Waals surface area contributed by atoms with Crippen molar-refractivity contribution in [3.05, 3.63) is 77.5 Å². The van der Waals surface area contributed by atoms with Crippen LogP contribution in [0.3, 0.4) is 0 Å². The largest absolute Gasteiger partial charge is 0.322 e. The van der Waals surface area contributed by atoms with Crippen molar-refractivity contribution in [3.8, 4) is 11.3 Å². The van der Waals surface area contributed by atoms with Gasteiger partial charge in [0.05, 0.1) is 22.3 Å². The molecular weight excluding hydrogens is 336 g/mol. The molecule has 0 fully saturated rings. The molecule has 2 aromatic heterocycles. The normalized spacial score (nSPS) is 10.9. The first-order valence-electron chi connectivity index (χ1n) is 8.81. The highest BCUT2D eigenvalue weighted by Gasteiger charge is 2.19. The van der Waals surface area contributed by atoms with Crippen LogP contribution < -0.4 is 5.32 Å². The first kappa shape index (κ1) is 17.0. The number of nitrogens with zero attached hydrogens (tertiary/aromatic N) is 3. The summed E-state index contributed by atoms with van der Waals surface area (Å²) >= 11 is 0. The molecule has 0 bridgehead atoms. The number of pyridine rings is 1. The van der Waals surface area contributed by atoms with Crippen LogP contribution in [0.2, 0.25) is 0 Å². The fraction of sp³-hybridized carbons (Fsp3) is 0.136. The third-order valence-electron chi connectivity index (χ3n) is 4.68. The van der Waals surface area contributed by atoms with Crippen LogP contribution in [0, 0.1) is 13.8 Å². The number of nitrogens with one attached hydrogen (secondary N) is 1. The molecule has 0 radical (unpaired) electrons. The van der Waals surface area contributed by atoms with E-state index in [0.717, 1.165) is 33.6 Å². The number of para-hydroxylation sites is 1. The minimum absolute atomic E-state index is 0.162. The lowest BCUT2D eigenvalue weighted by molar-refractivity contribution is 0.102. The highest BCUT2D eigenvalue weighted by Crippen LogP contribution is 2.27. The van der Waals surface area contributed by atoms with Gasteiger partial charge in [-0.15, -0.1) is 0 Å². The van der Waals surface area contributed by atoms with Gasteiger partial charge in [0.15, 0.2) is 5.65 Å². The second kappa shape index (κ2) is 6.68. The molecule has 0 aliphatic heterocycles. The van der Waals surface area contributed by atoms with Crippen LogP contribution in [0.1, 0.15) is 21.6 Å². The van der Waals surface area contributed by atoms with E-state index in [4.69, 9.17) is 4.98 Å². The van der Waals surface area contributed by atoms with Gasteiger partial charge < -0.3 is 5.32 Å². The molecule has 4 rings (SSSR count). The van der Waals surface area contributed by atoms with Crippen LogP contribution in [0.15, 0.2) is 60.7 Å². The van der Waals surface area contributed by atoms with Crippen molar-refractivity contribution in [1.29, 1.82) is 0 Å². The predicted octanol–water partition coefficient (Wildman–Crippen LogP) is 4.50. The van der Waals surface area contributed by atoms with E-state index in [9.17, 15) is 4.79 Å². The molecule has 0 aliphatic rings. The third-order valence-corrected chi connectivity index (χ3v) is 4.68. The minimum Gasteiger partial charge on any atom is -0.322 e. The maximum Gasteiger partial charge on any atom is 0.256 e. The highest BCUT2D eigenvalue weighted by atomic mass is 16.1. The number of aromatic nitrogens is 3. The van der Waals surface area contributed by atoms with Crippen LogP contribution in [0.5, 0.6) is 0 Å². The number of carbonyl (C=O) groups is 1. The van der Waals surface area contributed by atoms with E-state index in [1.54, 1.807) is 4.68 Å². The summed E-state index contributed by atoms with van der Waals surface area (Å²) in [6.07, 6.45) is 0. The molecule has 0 saturated carbocycles. The maximum absolute atomic E-state index is 13.1. The predicted molar refractivity (Wildman–Crippen MR) is 108 cm³/mol. The van der Waals surface area contributed by atoms with E-state index in [1.807, 2.05) is 81.6 Å². The first-order valence-corrected chi connectivity index (χ1v) is 8.81. The summed E-state index contributed by atoms with van der Waals surface area (Å²) in [6, 6.07) is 19.4. The molecule has 2 aromatic carbocycles. The van der Waals surface area contributed by atoms with Gasteiger partial charge in [-0.05, 0) is 31.5 Å². The zero-order valence-corrected chi connectivity index (χ0v) is 15.5. The van der Waals surface area contributed by atoms with Gasteiger partial charge in [0.25, 0.3) is 5.91 Å². The van der Waals surface area contributed by atoms with Crippen molar-refractivity contribution in [3.63, 3.8) is 0 Å². The topological polar surface area (TPSA) is 59.8 Å². The average Bonchev–Trinajstić information content (AvgIpc) is 2.97. The Morgan fingerprint density at radius 3 is 2.44 bits per heavy atom. The Kier molecular flexibility index (Phi) is 4.20. The molecule has 4 aromatic rings. The van der Waals surface area contributed by atoms with E-state index in [1.165, 1.54) is 0 Å². The third kappa shape index (κ3) is 3.08. The molecule has 2 heterocycles. The van der Waals surface area contributed by atoms with Crippen LogP contribution in [0.4, 0.5) is 5.69 Å². The lowest BCUT2D eigenvalue weighted by Crippen LogP contribution is -2.14. The van der Waals surface area contributed by atoms with E-state index in [2.05, 4.69) is 10.4 Å². The molecule has 0 spiro atoms. The summed E-state index contributed by atoms with van der Waals surface area (Å²) in [6.45, 7) is 3.87. The van der Waals surface area contributed by atoms with Crippen molar-refractivity contribution < 1.29 is 4.79 Å². The summed E-state index contributed by atoms with van der Waals surface area (Å²) in [7, 11) is 1.85. The fourth-order valence-electron chi connectivity index (χ4n) is 3.28. The van der Waals surface area contributed by atoms with E-state index in [-0.39, 0.29) is 5.91 Å². The van der Waals surface area contributed by atoms with Crippen molar-refractivity contribution in [1.82, 2.24) is 14.8 Å². The van der Waals surface area contributed by atoms with E-state index >= 15 is 0 Å². The minimum atomic E-state index is -0.162. The second-order valence-electron chi connectivity index (χ2n) is 6.60. The zero-order valence-electron chi connectivity index (χ0n) is 15.5. The van der Waals surface area contributed by atoms with Crippen LogP contribution in [0.25, 0.3) is 22.3 Å². The lowest BCUT2D eigenvalue weighted by atomic mass is 10.0. The molecule has 27 heavy (non-hydrogen) atoms. The Morgan fingerprint density at radius 1 is 1.00 bits per heavy atom. The number of carbonyl (C=O) groups excluding carboxylic acids is 1. The average molecular weight is 356 g/mol. The second-order valence-corrected chi connectivity index (χ2v) is 6.60. The van der Waals surface area contributed by atoms with Crippen molar-refractivity contribution in [2.75, 3.05) is 5.32 Å². The number of anilines is 1. The molecule has 5 nitrogen and oxygen atoms in total. The Bertz CT molecular complexity index is 1150. The first-order chi connectivity index (χ1) is 13.0. The number of hydrogen-bond donors (Lipinski definition) is 1. The van der Waals surface area contributed by atoms with Gasteiger partial charge in [-0.3, -0.25) is 9.48 Å². The fourth-order valence-corrected chi connectivity index (χ4v) is 3.28. The number of amides is 1. The van der Waals surface area contributed by atoms with Gasteiger partial charge in [0.1, 0.15) is 0 Å². The number of fused-ring (bicyclic) bond motifs is 1. The molecule has 0 saturated heterocycles. The van der Waals surface area contributed by atoms with E-state index in [0.29, 0.717) is 11.2 Å². The SMILES string of the molecule is Cc1ccccc1NC(=O)c1cc(-c2ccccc2)nc2c1c(C)nn2C. The Morgan fingerprint density at radius 2 is 1.70 bits per heavy atom. The molecule has 1 amide bonds. The number of rotatable bonds is 3. The number of hydrogen-bond acceptors (Lipinski definition) is 3. The summed E-state index contributed by atoms with van der Waals surface area (Å²) in [5.41, 5.74) is 5.59. The maximum atomic E-state index is 13.1. The molecular formula is C22H20N4O. The lowest BCUT2D eigenvalue weighted by Gasteiger charge is -2.11. The van der Waals surface area contributed by atoms with Crippen molar-refractivity contribution in [2.45, 2.75) is 13.8 Å². The highest BCUT2D eigenvalue weighted by molar-refractivity contribution is 6.13. The Balaban J connectivity index is 1.88. The van der Waals surface area contributed by atoms with Crippen molar-refractivity contribution >= 4 is 22.6 Å². The van der Waals surface area contributed by atoms with Crippen LogP contribution in [-0.4, -0.2) is 20.7 Å². The van der Waals surface area contributed by atoms with Gasteiger partial charge in [0.2, 0.25) is 0 Å². The summed E-state index contributed by atoms with van der Waals surface area (Å²) in [5.74, 6) is -0.162. The van der Waals surface area contributed by atoms with Crippen molar-refractivity contribution in [2.24, 2.45) is 7.05 Å². The Labute approximate surface area is 157 Å². The molecule has 0 atom stereocenters. The monoisotopic (exact) mass is 356 g/mol. The van der Waals surface area contributed by atoms with Gasteiger partial charge in [-0.25, -0.2) is 4.98 Å². The molecule has 0 unspecified atom stereocenters. The van der Waals surface area contributed by atoms with E-state index < -0.39 is 0 Å². The molecule has 5 heteroatoms. The smallest absolute Gasteiger partial charge is 0.256 e. The Hall–Kier alpha value is -3.47. The van der Waals surface area contributed by atoms with Gasteiger partial charge in [-0.2, -0.15) is 5.10 Å². The number of aryl methyl sites for hydroxylation is 3. The molecule has 134 valence electrons. The molecule has 0 aliphatic carbocycles. The van der Waals surface area contributed by atoms with Crippen LogP contribution >= 0.6 is 0 Å². The zero-order chi connectivity index (χ0) is 19.0. The standard InChI is InChI=1S/C22H20N4O/c1-14-9-7-8-12-18(14)24-22(27)17-13-19(16-10-5-4-6-11-16)23-21-20(17)15(2)25-26(21)3/h4-13H,1-3H3,(H,24,27).